The summed E-state index contributed by atoms with van der Waals surface area (Å²) in [5.41, 5.74) is 6.12. The number of benzene rings is 2. The highest BCUT2D eigenvalue weighted by Gasteiger charge is 2.05. The fourth-order valence-corrected chi connectivity index (χ4v) is 2.65. The standard InChI is InChI=1S/C17H18Br2N2O2/c1-11(13-5-6-14(18)15(19)9-13)21-20-10-12-4-7-16(22-2)17(8-12)23-3/h4-9,20H,10H2,1-3H3/b21-11-. The zero-order chi connectivity index (χ0) is 16.8. The summed E-state index contributed by atoms with van der Waals surface area (Å²) >= 11 is 6.96. The zero-order valence-corrected chi connectivity index (χ0v) is 16.4. The van der Waals surface area contributed by atoms with Gasteiger partial charge in [-0.05, 0) is 74.2 Å². The van der Waals surface area contributed by atoms with Crippen LogP contribution in [-0.2, 0) is 6.54 Å². The molecule has 2 rings (SSSR count). The van der Waals surface area contributed by atoms with Gasteiger partial charge in [0.1, 0.15) is 0 Å². The lowest BCUT2D eigenvalue weighted by Crippen LogP contribution is -2.09. The van der Waals surface area contributed by atoms with Crippen LogP contribution < -0.4 is 14.9 Å². The van der Waals surface area contributed by atoms with E-state index in [1.54, 1.807) is 14.2 Å². The Hall–Kier alpha value is -1.53. The average Bonchev–Trinajstić information content (AvgIpc) is 2.57. The van der Waals surface area contributed by atoms with E-state index in [9.17, 15) is 0 Å². The van der Waals surface area contributed by atoms with E-state index in [-0.39, 0.29) is 0 Å². The zero-order valence-electron chi connectivity index (χ0n) is 13.2. The molecule has 6 heteroatoms. The second-order valence-corrected chi connectivity index (χ2v) is 6.56. The molecule has 0 fully saturated rings. The van der Waals surface area contributed by atoms with Crippen molar-refractivity contribution in [1.29, 1.82) is 0 Å². The monoisotopic (exact) mass is 440 g/mol. The lowest BCUT2D eigenvalue weighted by Gasteiger charge is -2.10. The molecule has 0 amide bonds. The van der Waals surface area contributed by atoms with Crippen molar-refractivity contribution in [2.75, 3.05) is 14.2 Å². The van der Waals surface area contributed by atoms with Crippen LogP contribution in [0.3, 0.4) is 0 Å². The minimum absolute atomic E-state index is 0.607. The van der Waals surface area contributed by atoms with Gasteiger partial charge in [-0.15, -0.1) is 0 Å². The van der Waals surface area contributed by atoms with Crippen molar-refractivity contribution < 1.29 is 9.47 Å². The summed E-state index contributed by atoms with van der Waals surface area (Å²) in [5, 5.41) is 4.42. The molecule has 0 saturated carbocycles. The number of nitrogens with zero attached hydrogens (tertiary/aromatic N) is 1. The first-order valence-electron chi connectivity index (χ1n) is 6.98. The molecule has 1 N–H and O–H groups in total. The van der Waals surface area contributed by atoms with Gasteiger partial charge in [-0.1, -0.05) is 12.1 Å². The molecule has 0 aliphatic carbocycles. The predicted octanol–water partition coefficient (Wildman–Crippen LogP) is 4.74. The maximum atomic E-state index is 5.30. The minimum Gasteiger partial charge on any atom is -0.493 e. The summed E-state index contributed by atoms with van der Waals surface area (Å²) in [4.78, 5) is 0. The summed E-state index contributed by atoms with van der Waals surface area (Å²) in [6, 6.07) is 11.8. The Balaban J connectivity index is 2.04. The Morgan fingerprint density at radius 3 is 2.39 bits per heavy atom. The van der Waals surface area contributed by atoms with Crippen LogP contribution >= 0.6 is 31.9 Å². The highest BCUT2D eigenvalue weighted by molar-refractivity contribution is 9.13. The number of ether oxygens (including phenoxy) is 2. The molecule has 0 saturated heterocycles. The van der Waals surface area contributed by atoms with E-state index in [2.05, 4.69) is 42.4 Å². The number of hydrogen-bond donors (Lipinski definition) is 1. The van der Waals surface area contributed by atoms with Crippen molar-refractivity contribution in [3.05, 3.63) is 56.5 Å². The van der Waals surface area contributed by atoms with Crippen LogP contribution in [0.25, 0.3) is 0 Å². The molecule has 0 aliphatic rings. The molecule has 0 aliphatic heterocycles. The molecular weight excluding hydrogens is 424 g/mol. The third-order valence-electron chi connectivity index (χ3n) is 3.32. The SMILES string of the molecule is COc1ccc(CN/N=C(/C)c2ccc(Br)c(Br)c2)cc1OC. The minimum atomic E-state index is 0.607. The highest BCUT2D eigenvalue weighted by atomic mass is 79.9. The molecule has 0 unspecified atom stereocenters. The molecule has 122 valence electrons. The van der Waals surface area contributed by atoms with E-state index >= 15 is 0 Å². The summed E-state index contributed by atoms with van der Waals surface area (Å²) in [6.45, 7) is 2.58. The molecule has 4 nitrogen and oxygen atoms in total. The predicted molar refractivity (Wildman–Crippen MR) is 100 cm³/mol. The first-order chi connectivity index (χ1) is 11.0. The van der Waals surface area contributed by atoms with Gasteiger partial charge in [0.2, 0.25) is 0 Å². The molecule has 0 bridgehead atoms. The second-order valence-electron chi connectivity index (χ2n) is 4.85. The largest absolute Gasteiger partial charge is 0.493 e. The average molecular weight is 442 g/mol. The Morgan fingerprint density at radius 2 is 1.74 bits per heavy atom. The lowest BCUT2D eigenvalue weighted by molar-refractivity contribution is 0.354. The smallest absolute Gasteiger partial charge is 0.161 e. The molecule has 2 aromatic rings. The number of hydrazone groups is 1. The summed E-state index contributed by atoms with van der Waals surface area (Å²) in [5.74, 6) is 1.43. The van der Waals surface area contributed by atoms with E-state index in [1.165, 1.54) is 0 Å². The number of methoxy groups -OCH3 is 2. The van der Waals surface area contributed by atoms with Crippen LogP contribution in [0.2, 0.25) is 0 Å². The maximum absolute atomic E-state index is 5.30. The molecule has 0 radical (unpaired) electrons. The van der Waals surface area contributed by atoms with E-state index in [1.807, 2.05) is 43.3 Å². The third kappa shape index (κ3) is 4.72. The van der Waals surface area contributed by atoms with E-state index in [4.69, 9.17) is 9.47 Å². The highest BCUT2D eigenvalue weighted by Crippen LogP contribution is 2.27. The first kappa shape index (κ1) is 17.8. The van der Waals surface area contributed by atoms with Gasteiger partial charge in [0, 0.05) is 8.95 Å². The van der Waals surface area contributed by atoms with Gasteiger partial charge < -0.3 is 14.9 Å². The van der Waals surface area contributed by atoms with Crippen LogP contribution in [0.1, 0.15) is 18.1 Å². The molecular formula is C17H18Br2N2O2. The maximum Gasteiger partial charge on any atom is 0.161 e. The van der Waals surface area contributed by atoms with Crippen molar-refractivity contribution in [1.82, 2.24) is 5.43 Å². The van der Waals surface area contributed by atoms with Crippen molar-refractivity contribution in [2.45, 2.75) is 13.5 Å². The normalized spacial score (nSPS) is 11.3. The van der Waals surface area contributed by atoms with Crippen molar-refractivity contribution in [3.63, 3.8) is 0 Å². The first-order valence-corrected chi connectivity index (χ1v) is 8.57. The topological polar surface area (TPSA) is 42.8 Å². The van der Waals surface area contributed by atoms with E-state index < -0.39 is 0 Å². The van der Waals surface area contributed by atoms with Gasteiger partial charge in [0.05, 0.1) is 26.5 Å². The van der Waals surface area contributed by atoms with Crippen LogP contribution in [0, 0.1) is 0 Å². The van der Waals surface area contributed by atoms with Gasteiger partial charge in [0.25, 0.3) is 0 Å². The third-order valence-corrected chi connectivity index (χ3v) is 5.19. The summed E-state index contributed by atoms with van der Waals surface area (Å²) < 4.78 is 12.6. The van der Waals surface area contributed by atoms with Gasteiger partial charge in [-0.25, -0.2) is 0 Å². The Kier molecular flexibility index (Phi) is 6.47. The molecule has 0 spiro atoms. The fraction of sp³-hybridized carbons (Fsp3) is 0.235. The quantitative estimate of drug-likeness (QED) is 0.519. The molecule has 0 aromatic heterocycles. The number of hydrogen-bond acceptors (Lipinski definition) is 4. The van der Waals surface area contributed by atoms with Gasteiger partial charge in [0.15, 0.2) is 11.5 Å². The number of rotatable bonds is 6. The van der Waals surface area contributed by atoms with E-state index in [0.29, 0.717) is 12.3 Å². The second kappa shape index (κ2) is 8.36. The van der Waals surface area contributed by atoms with Crippen LogP contribution in [0.4, 0.5) is 0 Å². The summed E-state index contributed by atoms with van der Waals surface area (Å²) in [7, 11) is 3.25. The van der Waals surface area contributed by atoms with Gasteiger partial charge >= 0.3 is 0 Å². The summed E-state index contributed by atoms with van der Waals surface area (Å²) in [6.07, 6.45) is 0. The molecule has 0 atom stereocenters. The van der Waals surface area contributed by atoms with Crippen molar-refractivity contribution in [2.24, 2.45) is 5.10 Å². The Bertz CT molecular complexity index is 718. The fourth-order valence-electron chi connectivity index (χ4n) is 2.03. The van der Waals surface area contributed by atoms with Gasteiger partial charge in [-0.3, -0.25) is 0 Å². The molecule has 0 heterocycles. The van der Waals surface area contributed by atoms with E-state index in [0.717, 1.165) is 31.5 Å². The van der Waals surface area contributed by atoms with Crippen molar-refractivity contribution in [3.8, 4) is 11.5 Å². The molecule has 23 heavy (non-hydrogen) atoms. The van der Waals surface area contributed by atoms with Gasteiger partial charge in [-0.2, -0.15) is 5.10 Å². The number of nitrogens with one attached hydrogen (secondary N) is 1. The lowest BCUT2D eigenvalue weighted by atomic mass is 10.1. The van der Waals surface area contributed by atoms with Crippen LogP contribution in [-0.4, -0.2) is 19.9 Å². The van der Waals surface area contributed by atoms with Crippen molar-refractivity contribution >= 4 is 37.6 Å². The Morgan fingerprint density at radius 1 is 1.00 bits per heavy atom. The number of halogens is 2. The van der Waals surface area contributed by atoms with Crippen LogP contribution in [0.5, 0.6) is 11.5 Å². The molecule has 2 aromatic carbocycles. The Labute approximate surface area is 153 Å². The van der Waals surface area contributed by atoms with Crippen LogP contribution in [0.15, 0.2) is 50.4 Å².